The van der Waals surface area contributed by atoms with Gasteiger partial charge >= 0.3 is 0 Å². The maximum atomic E-state index is 12.0. The zero-order valence-corrected chi connectivity index (χ0v) is 15.0. The Morgan fingerprint density at radius 3 is 2.88 bits per heavy atom. The third kappa shape index (κ3) is 3.06. The van der Waals surface area contributed by atoms with Crippen LogP contribution >= 0.6 is 11.8 Å². The highest BCUT2D eigenvalue weighted by Crippen LogP contribution is 2.42. The largest absolute Gasteiger partial charge is 0.315 e. The molecule has 0 radical (unpaired) electrons. The minimum absolute atomic E-state index is 0.0590. The predicted octanol–water partition coefficient (Wildman–Crippen LogP) is 1.82. The average molecular weight is 363 g/mol. The number of aryl methyl sites for hydroxylation is 1. The van der Waals surface area contributed by atoms with Gasteiger partial charge in [-0.25, -0.2) is 8.42 Å². The molecule has 1 aromatic rings. The highest BCUT2D eigenvalue weighted by molar-refractivity contribution is 8.16. The van der Waals surface area contributed by atoms with Gasteiger partial charge in [0.05, 0.1) is 23.6 Å². The molecule has 2 heterocycles. The van der Waals surface area contributed by atoms with E-state index in [1.165, 1.54) is 11.8 Å². The van der Waals surface area contributed by atoms with E-state index in [-0.39, 0.29) is 29.2 Å². The van der Waals surface area contributed by atoms with Crippen molar-refractivity contribution in [3.05, 3.63) is 29.3 Å². The Morgan fingerprint density at radius 2 is 2.17 bits per heavy atom. The Labute approximate surface area is 145 Å². The van der Waals surface area contributed by atoms with E-state index in [4.69, 9.17) is 5.26 Å². The van der Waals surface area contributed by atoms with Gasteiger partial charge in [0.15, 0.2) is 15.0 Å². The molecular formula is C16H17N3O3S2. The highest BCUT2D eigenvalue weighted by atomic mass is 32.2. The molecule has 0 aliphatic carbocycles. The fourth-order valence-electron chi connectivity index (χ4n) is 3.06. The first-order valence-electron chi connectivity index (χ1n) is 7.53. The predicted molar refractivity (Wildman–Crippen MR) is 94.9 cm³/mol. The van der Waals surface area contributed by atoms with Crippen molar-refractivity contribution in [2.75, 3.05) is 16.4 Å². The highest BCUT2D eigenvalue weighted by Gasteiger charge is 2.49. The van der Waals surface area contributed by atoms with Crippen LogP contribution in [0.5, 0.6) is 0 Å². The standard InChI is InChI=1S/C16H17N3O3S2/c1-10-4-3-5-12(11(10)2)19-13-8-24(21,22)9-14(13)23-16(19)18-15(20)6-7-17/h3-5,13-14H,6,8-9H2,1-2H3/t13-,14+/m0/s1. The van der Waals surface area contributed by atoms with E-state index in [1.807, 2.05) is 36.9 Å². The number of fused-ring (bicyclic) bond motifs is 1. The van der Waals surface area contributed by atoms with Gasteiger partial charge < -0.3 is 4.90 Å². The molecule has 2 atom stereocenters. The van der Waals surface area contributed by atoms with E-state index in [2.05, 4.69) is 4.99 Å². The summed E-state index contributed by atoms with van der Waals surface area (Å²) >= 11 is 1.32. The molecule has 8 heteroatoms. The summed E-state index contributed by atoms with van der Waals surface area (Å²) in [4.78, 5) is 17.8. The molecule has 1 amide bonds. The summed E-state index contributed by atoms with van der Waals surface area (Å²) in [5.41, 5.74) is 2.99. The first-order chi connectivity index (χ1) is 11.3. The SMILES string of the molecule is Cc1cccc(N2C(=NC(=O)CC#N)S[C@@H]3CS(=O)(=O)C[C@@H]32)c1C. The van der Waals surface area contributed by atoms with Crippen molar-refractivity contribution in [3.8, 4) is 6.07 Å². The summed E-state index contributed by atoms with van der Waals surface area (Å²) in [7, 11) is -3.09. The van der Waals surface area contributed by atoms with Crippen molar-refractivity contribution in [2.24, 2.45) is 4.99 Å². The van der Waals surface area contributed by atoms with Crippen LogP contribution in [-0.4, -0.2) is 42.3 Å². The number of thioether (sulfide) groups is 1. The smallest absolute Gasteiger partial charge is 0.262 e. The van der Waals surface area contributed by atoms with Crippen LogP contribution in [0.3, 0.4) is 0 Å². The molecule has 1 aromatic carbocycles. The fraction of sp³-hybridized carbons (Fsp3) is 0.438. The summed E-state index contributed by atoms with van der Waals surface area (Å²) in [6.07, 6.45) is -0.279. The van der Waals surface area contributed by atoms with Crippen molar-refractivity contribution in [1.29, 1.82) is 5.26 Å². The number of carbonyl (C=O) groups is 1. The van der Waals surface area contributed by atoms with Crippen LogP contribution in [0, 0.1) is 25.2 Å². The molecule has 126 valence electrons. The van der Waals surface area contributed by atoms with Crippen molar-refractivity contribution in [2.45, 2.75) is 31.6 Å². The first-order valence-corrected chi connectivity index (χ1v) is 10.2. The van der Waals surface area contributed by atoms with E-state index in [0.29, 0.717) is 5.17 Å². The maximum absolute atomic E-state index is 12.0. The second-order valence-corrected chi connectivity index (χ2v) is 9.37. The molecule has 2 aliphatic rings. The van der Waals surface area contributed by atoms with Crippen LogP contribution in [0.2, 0.25) is 0 Å². The minimum atomic E-state index is -3.09. The summed E-state index contributed by atoms with van der Waals surface area (Å²) < 4.78 is 24.0. The Hall–Kier alpha value is -1.85. The molecule has 0 saturated carbocycles. The number of anilines is 1. The lowest BCUT2D eigenvalue weighted by molar-refractivity contribution is -0.116. The lowest BCUT2D eigenvalue weighted by Crippen LogP contribution is -2.38. The topological polar surface area (TPSA) is 90.6 Å². The number of hydrogen-bond donors (Lipinski definition) is 0. The molecule has 2 fully saturated rings. The number of rotatable bonds is 2. The zero-order valence-electron chi connectivity index (χ0n) is 13.4. The Balaban J connectivity index is 2.07. The molecule has 2 aliphatic heterocycles. The van der Waals surface area contributed by atoms with Crippen molar-refractivity contribution < 1.29 is 13.2 Å². The molecule has 0 aromatic heterocycles. The van der Waals surface area contributed by atoms with Crippen LogP contribution in [0.1, 0.15) is 17.5 Å². The summed E-state index contributed by atoms with van der Waals surface area (Å²) in [6, 6.07) is 7.39. The van der Waals surface area contributed by atoms with Crippen molar-refractivity contribution >= 4 is 38.4 Å². The van der Waals surface area contributed by atoms with Gasteiger partial charge in [0.2, 0.25) is 0 Å². The lowest BCUT2D eigenvalue weighted by Gasteiger charge is -2.26. The number of nitrogens with zero attached hydrogens (tertiary/aromatic N) is 3. The molecule has 6 nitrogen and oxygen atoms in total. The Morgan fingerprint density at radius 1 is 1.42 bits per heavy atom. The number of nitriles is 1. The molecule has 24 heavy (non-hydrogen) atoms. The number of amides is 1. The second kappa shape index (κ2) is 6.22. The quantitative estimate of drug-likeness (QED) is 0.796. The molecule has 0 N–H and O–H groups in total. The van der Waals surface area contributed by atoms with Crippen LogP contribution in [0.25, 0.3) is 0 Å². The van der Waals surface area contributed by atoms with Gasteiger partial charge in [-0.05, 0) is 31.0 Å². The van der Waals surface area contributed by atoms with Crippen LogP contribution in [-0.2, 0) is 14.6 Å². The fourth-order valence-corrected chi connectivity index (χ4v) is 6.98. The van der Waals surface area contributed by atoms with Gasteiger partial charge in [0.1, 0.15) is 6.42 Å². The van der Waals surface area contributed by atoms with Gasteiger partial charge in [-0.15, -0.1) is 0 Å². The van der Waals surface area contributed by atoms with Gasteiger partial charge in [-0.1, -0.05) is 23.9 Å². The Kier molecular flexibility index (Phi) is 4.40. The van der Waals surface area contributed by atoms with E-state index in [9.17, 15) is 13.2 Å². The molecular weight excluding hydrogens is 346 g/mol. The lowest BCUT2D eigenvalue weighted by atomic mass is 10.1. The third-order valence-electron chi connectivity index (χ3n) is 4.35. The Bertz CT molecular complexity index is 871. The average Bonchev–Trinajstić information content (AvgIpc) is 2.94. The van der Waals surface area contributed by atoms with Gasteiger partial charge in [0, 0.05) is 10.9 Å². The van der Waals surface area contributed by atoms with E-state index in [0.717, 1.165) is 16.8 Å². The van der Waals surface area contributed by atoms with E-state index in [1.54, 1.807) is 6.07 Å². The normalized spacial score (nSPS) is 26.4. The molecule has 3 rings (SSSR count). The van der Waals surface area contributed by atoms with E-state index < -0.39 is 15.7 Å². The number of aliphatic imine (C=N–C) groups is 1. The second-order valence-electron chi connectivity index (χ2n) is 6.01. The summed E-state index contributed by atoms with van der Waals surface area (Å²) in [6.45, 7) is 3.96. The summed E-state index contributed by atoms with van der Waals surface area (Å²) in [5, 5.41) is 9.02. The monoisotopic (exact) mass is 363 g/mol. The van der Waals surface area contributed by atoms with Crippen LogP contribution in [0.15, 0.2) is 23.2 Å². The number of hydrogen-bond acceptors (Lipinski definition) is 5. The summed E-state index contributed by atoms with van der Waals surface area (Å²) in [5.74, 6) is -0.350. The number of amidine groups is 1. The van der Waals surface area contributed by atoms with Crippen molar-refractivity contribution in [1.82, 2.24) is 0 Å². The molecule has 2 saturated heterocycles. The van der Waals surface area contributed by atoms with Crippen molar-refractivity contribution in [3.63, 3.8) is 0 Å². The van der Waals surface area contributed by atoms with Gasteiger partial charge in [-0.2, -0.15) is 10.3 Å². The number of carbonyl (C=O) groups excluding carboxylic acids is 1. The zero-order chi connectivity index (χ0) is 17.5. The minimum Gasteiger partial charge on any atom is -0.315 e. The number of sulfone groups is 1. The first kappa shape index (κ1) is 17.0. The molecule has 0 bridgehead atoms. The van der Waals surface area contributed by atoms with Crippen LogP contribution < -0.4 is 4.90 Å². The van der Waals surface area contributed by atoms with Gasteiger partial charge in [-0.3, -0.25) is 4.79 Å². The number of benzene rings is 1. The molecule has 0 unspecified atom stereocenters. The van der Waals surface area contributed by atoms with Crippen LogP contribution in [0.4, 0.5) is 5.69 Å². The molecule has 0 spiro atoms. The third-order valence-corrected chi connectivity index (χ3v) is 7.56. The van der Waals surface area contributed by atoms with Gasteiger partial charge in [0.25, 0.3) is 5.91 Å². The van der Waals surface area contributed by atoms with E-state index >= 15 is 0 Å². The maximum Gasteiger partial charge on any atom is 0.262 e.